The Kier molecular flexibility index (Phi) is 9.37. The van der Waals surface area contributed by atoms with Crippen LogP contribution in [-0.4, -0.2) is 62.3 Å². The lowest BCUT2D eigenvalue weighted by atomic mass is 10.3. The maximum absolute atomic E-state index is 5.81. The van der Waals surface area contributed by atoms with Crippen molar-refractivity contribution in [3.05, 3.63) is 24.3 Å². The largest absolute Gasteiger partial charge is 0.494 e. The summed E-state index contributed by atoms with van der Waals surface area (Å²) in [6.07, 6.45) is 2.36. The van der Waals surface area contributed by atoms with Crippen LogP contribution in [0.2, 0.25) is 0 Å². The number of hydrogen-bond acceptors (Lipinski definition) is 4. The molecule has 1 aliphatic heterocycles. The third kappa shape index (κ3) is 7.42. The first-order valence-corrected chi connectivity index (χ1v) is 8.48. The van der Waals surface area contributed by atoms with Gasteiger partial charge in [0.1, 0.15) is 11.5 Å². The molecule has 0 bridgehead atoms. The SMILES string of the molecule is CCC(C)Oc1ccc(OCCCN2CCN(C)CC2)cc1.Cl. The topological polar surface area (TPSA) is 24.9 Å². The van der Waals surface area contributed by atoms with Crippen molar-refractivity contribution in [3.63, 3.8) is 0 Å². The molecule has 1 heterocycles. The van der Waals surface area contributed by atoms with Crippen LogP contribution in [0.15, 0.2) is 24.3 Å². The molecule has 23 heavy (non-hydrogen) atoms. The molecule has 5 heteroatoms. The minimum Gasteiger partial charge on any atom is -0.494 e. The monoisotopic (exact) mass is 342 g/mol. The van der Waals surface area contributed by atoms with Gasteiger partial charge in [0.05, 0.1) is 12.7 Å². The van der Waals surface area contributed by atoms with Gasteiger partial charge in [-0.05, 0) is 51.1 Å². The molecule has 1 aliphatic rings. The van der Waals surface area contributed by atoms with Crippen molar-refractivity contribution in [1.82, 2.24) is 9.80 Å². The number of ether oxygens (including phenoxy) is 2. The number of hydrogen-bond donors (Lipinski definition) is 0. The van der Waals surface area contributed by atoms with Gasteiger partial charge in [-0.25, -0.2) is 0 Å². The molecule has 1 aromatic rings. The van der Waals surface area contributed by atoms with Crippen molar-refractivity contribution in [2.24, 2.45) is 0 Å². The summed E-state index contributed by atoms with van der Waals surface area (Å²) < 4.78 is 11.6. The van der Waals surface area contributed by atoms with E-state index in [9.17, 15) is 0 Å². The Labute approximate surface area is 147 Å². The van der Waals surface area contributed by atoms with Crippen LogP contribution in [0.1, 0.15) is 26.7 Å². The zero-order valence-corrected chi connectivity index (χ0v) is 15.5. The van der Waals surface area contributed by atoms with Crippen molar-refractivity contribution in [3.8, 4) is 11.5 Å². The summed E-state index contributed by atoms with van der Waals surface area (Å²) >= 11 is 0. The molecule has 0 aliphatic carbocycles. The van der Waals surface area contributed by atoms with E-state index >= 15 is 0 Å². The van der Waals surface area contributed by atoms with E-state index in [1.165, 1.54) is 26.2 Å². The van der Waals surface area contributed by atoms with E-state index in [-0.39, 0.29) is 18.5 Å². The van der Waals surface area contributed by atoms with E-state index in [0.717, 1.165) is 37.5 Å². The highest BCUT2D eigenvalue weighted by atomic mass is 35.5. The fraction of sp³-hybridized carbons (Fsp3) is 0.667. The molecule has 0 saturated carbocycles. The minimum absolute atomic E-state index is 0. The highest BCUT2D eigenvalue weighted by molar-refractivity contribution is 5.85. The molecule has 0 radical (unpaired) electrons. The number of rotatable bonds is 8. The molecular weight excluding hydrogens is 312 g/mol. The molecule has 0 amide bonds. The summed E-state index contributed by atoms with van der Waals surface area (Å²) in [6.45, 7) is 10.8. The lowest BCUT2D eigenvalue weighted by molar-refractivity contribution is 0.145. The minimum atomic E-state index is 0. The lowest BCUT2D eigenvalue weighted by Gasteiger charge is -2.32. The zero-order valence-electron chi connectivity index (χ0n) is 14.7. The summed E-state index contributed by atoms with van der Waals surface area (Å²) in [4.78, 5) is 4.91. The molecule has 2 rings (SSSR count). The molecular formula is C18H31ClN2O2. The Bertz CT molecular complexity index is 420. The van der Waals surface area contributed by atoms with Gasteiger partial charge in [0.2, 0.25) is 0 Å². The second-order valence-corrected chi connectivity index (χ2v) is 6.16. The van der Waals surface area contributed by atoms with Gasteiger partial charge < -0.3 is 19.3 Å². The van der Waals surface area contributed by atoms with Crippen molar-refractivity contribution in [2.45, 2.75) is 32.8 Å². The third-order valence-corrected chi connectivity index (χ3v) is 4.22. The molecule has 4 nitrogen and oxygen atoms in total. The van der Waals surface area contributed by atoms with E-state index in [4.69, 9.17) is 9.47 Å². The van der Waals surface area contributed by atoms with Gasteiger partial charge in [-0.15, -0.1) is 12.4 Å². The molecule has 0 N–H and O–H groups in total. The average Bonchev–Trinajstić information content (AvgIpc) is 2.54. The first-order valence-electron chi connectivity index (χ1n) is 8.48. The number of halogens is 1. The first kappa shape index (κ1) is 20.1. The van der Waals surface area contributed by atoms with Gasteiger partial charge >= 0.3 is 0 Å². The van der Waals surface area contributed by atoms with Gasteiger partial charge in [0, 0.05) is 32.7 Å². The van der Waals surface area contributed by atoms with E-state index < -0.39 is 0 Å². The second-order valence-electron chi connectivity index (χ2n) is 6.16. The quantitative estimate of drug-likeness (QED) is 0.677. The van der Waals surface area contributed by atoms with Gasteiger partial charge in [-0.3, -0.25) is 0 Å². The van der Waals surface area contributed by atoms with E-state index in [0.29, 0.717) is 0 Å². The fourth-order valence-electron chi connectivity index (χ4n) is 2.48. The van der Waals surface area contributed by atoms with Crippen LogP contribution >= 0.6 is 12.4 Å². The normalized spacial score (nSPS) is 17.3. The van der Waals surface area contributed by atoms with Gasteiger partial charge in [-0.2, -0.15) is 0 Å². The zero-order chi connectivity index (χ0) is 15.8. The molecule has 1 aromatic carbocycles. The molecule has 1 fully saturated rings. The highest BCUT2D eigenvalue weighted by Crippen LogP contribution is 2.19. The smallest absolute Gasteiger partial charge is 0.119 e. The van der Waals surface area contributed by atoms with E-state index in [1.807, 2.05) is 24.3 Å². The maximum atomic E-state index is 5.81. The highest BCUT2D eigenvalue weighted by Gasteiger charge is 2.12. The maximum Gasteiger partial charge on any atom is 0.119 e. The molecule has 0 aromatic heterocycles. The molecule has 1 atom stereocenters. The van der Waals surface area contributed by atoms with Crippen LogP contribution in [0.3, 0.4) is 0 Å². The number of nitrogens with zero attached hydrogens (tertiary/aromatic N) is 2. The molecule has 132 valence electrons. The lowest BCUT2D eigenvalue weighted by Crippen LogP contribution is -2.44. The van der Waals surface area contributed by atoms with Crippen molar-refractivity contribution >= 4 is 12.4 Å². The second kappa shape index (κ2) is 10.7. The molecule has 1 saturated heterocycles. The summed E-state index contributed by atoms with van der Waals surface area (Å²) in [5.74, 6) is 1.84. The van der Waals surface area contributed by atoms with Crippen LogP contribution in [0.5, 0.6) is 11.5 Å². The molecule has 0 spiro atoms. The fourth-order valence-corrected chi connectivity index (χ4v) is 2.48. The van der Waals surface area contributed by atoms with Crippen LogP contribution in [0.25, 0.3) is 0 Å². The summed E-state index contributed by atoms with van der Waals surface area (Å²) in [5, 5.41) is 0. The Morgan fingerprint density at radius 2 is 1.65 bits per heavy atom. The van der Waals surface area contributed by atoms with Gasteiger partial charge in [-0.1, -0.05) is 6.92 Å². The standard InChI is InChI=1S/C18H30N2O2.ClH/c1-4-16(2)22-18-8-6-17(7-9-18)21-15-5-10-20-13-11-19(3)12-14-20;/h6-9,16H,4-5,10-15H2,1-3H3;1H. The van der Waals surface area contributed by atoms with Crippen LogP contribution < -0.4 is 9.47 Å². The summed E-state index contributed by atoms with van der Waals surface area (Å²) in [7, 11) is 2.19. The number of benzene rings is 1. The Morgan fingerprint density at radius 3 is 2.26 bits per heavy atom. The predicted octanol–water partition coefficient (Wildman–Crippen LogP) is 3.30. The van der Waals surface area contributed by atoms with Crippen molar-refractivity contribution < 1.29 is 9.47 Å². The van der Waals surface area contributed by atoms with Crippen molar-refractivity contribution in [2.75, 3.05) is 46.4 Å². The van der Waals surface area contributed by atoms with Crippen LogP contribution in [-0.2, 0) is 0 Å². The Hall–Kier alpha value is -0.970. The summed E-state index contributed by atoms with van der Waals surface area (Å²) in [6, 6.07) is 7.96. The third-order valence-electron chi connectivity index (χ3n) is 4.22. The van der Waals surface area contributed by atoms with E-state index in [1.54, 1.807) is 0 Å². The van der Waals surface area contributed by atoms with Gasteiger partial charge in [0.25, 0.3) is 0 Å². The van der Waals surface area contributed by atoms with Crippen LogP contribution in [0.4, 0.5) is 0 Å². The van der Waals surface area contributed by atoms with Crippen LogP contribution in [0, 0.1) is 0 Å². The Balaban J connectivity index is 0.00000264. The average molecular weight is 343 g/mol. The summed E-state index contributed by atoms with van der Waals surface area (Å²) in [5.41, 5.74) is 0. The number of piperazine rings is 1. The molecule has 1 unspecified atom stereocenters. The number of likely N-dealkylation sites (N-methyl/N-ethyl adjacent to an activating group) is 1. The predicted molar refractivity (Wildman–Crippen MR) is 98.1 cm³/mol. The van der Waals surface area contributed by atoms with Crippen molar-refractivity contribution in [1.29, 1.82) is 0 Å². The Morgan fingerprint density at radius 1 is 1.04 bits per heavy atom. The first-order chi connectivity index (χ1) is 10.7. The van der Waals surface area contributed by atoms with E-state index in [2.05, 4.69) is 30.7 Å². The van der Waals surface area contributed by atoms with Gasteiger partial charge in [0.15, 0.2) is 0 Å².